The number of rotatable bonds is 5. The predicted octanol–water partition coefficient (Wildman–Crippen LogP) is 1.27. The molecule has 25 heavy (non-hydrogen) atoms. The lowest BCUT2D eigenvalue weighted by molar-refractivity contribution is 0.0686. The average Bonchev–Trinajstić information content (AvgIpc) is 2.62. The maximum absolute atomic E-state index is 12.8. The van der Waals surface area contributed by atoms with Gasteiger partial charge in [0.2, 0.25) is 0 Å². The Morgan fingerprint density at radius 2 is 1.72 bits per heavy atom. The Hall–Kier alpha value is -2.67. The highest BCUT2D eigenvalue weighted by Gasteiger charge is 2.22. The number of benzene rings is 1. The van der Waals surface area contributed by atoms with E-state index in [-0.39, 0.29) is 24.3 Å². The normalized spacial score (nSPS) is 15.2. The molecule has 3 rings (SSSR count). The van der Waals surface area contributed by atoms with E-state index in [1.54, 1.807) is 0 Å². The van der Waals surface area contributed by atoms with Crippen molar-refractivity contribution in [2.24, 2.45) is 0 Å². The number of piperidine rings is 1. The standard InChI is InChI=1S/C18H21N3O4/c22-16-14(12-20-9-5-2-6-10-20)15(17(23)24)19-18(25)21(16)11-13-7-3-1-4-8-13/h1,3-4,7-8H,2,5-6,9-12H2,(H,19,25)(H,23,24). The Morgan fingerprint density at radius 1 is 1.04 bits per heavy atom. The molecule has 1 fully saturated rings. The maximum atomic E-state index is 12.8. The van der Waals surface area contributed by atoms with Crippen LogP contribution in [-0.4, -0.2) is 38.6 Å². The molecule has 0 atom stereocenters. The number of carboxylic acids is 1. The SMILES string of the molecule is O=C(O)c1[nH]c(=O)n(Cc2ccccc2)c(=O)c1CN1CCCCC1. The average molecular weight is 343 g/mol. The van der Waals surface area contributed by atoms with Gasteiger partial charge >= 0.3 is 11.7 Å². The van der Waals surface area contributed by atoms with E-state index in [9.17, 15) is 19.5 Å². The van der Waals surface area contributed by atoms with Crippen molar-refractivity contribution in [1.29, 1.82) is 0 Å². The number of nitrogens with zero attached hydrogens (tertiary/aromatic N) is 2. The molecule has 7 nitrogen and oxygen atoms in total. The van der Waals surface area contributed by atoms with Crippen LogP contribution in [0.3, 0.4) is 0 Å². The molecule has 1 saturated heterocycles. The summed E-state index contributed by atoms with van der Waals surface area (Å²) in [6.45, 7) is 2.01. The number of carbonyl (C=O) groups is 1. The molecule has 0 unspecified atom stereocenters. The summed E-state index contributed by atoms with van der Waals surface area (Å²) in [6, 6.07) is 9.15. The molecule has 0 aliphatic carbocycles. The number of aromatic carboxylic acids is 1. The maximum Gasteiger partial charge on any atom is 0.352 e. The van der Waals surface area contributed by atoms with Gasteiger partial charge in [-0.2, -0.15) is 0 Å². The molecule has 1 aliphatic heterocycles. The summed E-state index contributed by atoms with van der Waals surface area (Å²) < 4.78 is 1.07. The van der Waals surface area contributed by atoms with Gasteiger partial charge in [-0.3, -0.25) is 14.3 Å². The molecule has 7 heteroatoms. The summed E-state index contributed by atoms with van der Waals surface area (Å²) in [5.41, 5.74) is -0.582. The fourth-order valence-corrected chi connectivity index (χ4v) is 3.19. The summed E-state index contributed by atoms with van der Waals surface area (Å²) >= 11 is 0. The van der Waals surface area contributed by atoms with Crippen LogP contribution in [-0.2, 0) is 13.1 Å². The number of hydrogen-bond acceptors (Lipinski definition) is 4. The minimum absolute atomic E-state index is 0.113. The molecule has 1 aromatic heterocycles. The molecule has 0 amide bonds. The quantitative estimate of drug-likeness (QED) is 0.852. The van der Waals surface area contributed by atoms with Crippen molar-refractivity contribution in [2.75, 3.05) is 13.1 Å². The summed E-state index contributed by atoms with van der Waals surface area (Å²) in [7, 11) is 0. The van der Waals surface area contributed by atoms with Gasteiger partial charge in [0.05, 0.1) is 12.1 Å². The van der Waals surface area contributed by atoms with Crippen molar-refractivity contribution in [3.63, 3.8) is 0 Å². The molecule has 0 spiro atoms. The van der Waals surface area contributed by atoms with Gasteiger partial charge in [-0.25, -0.2) is 9.59 Å². The topological polar surface area (TPSA) is 95.4 Å². The van der Waals surface area contributed by atoms with Gasteiger partial charge in [-0.05, 0) is 31.5 Å². The molecule has 2 N–H and O–H groups in total. The second-order valence-corrected chi connectivity index (χ2v) is 6.30. The minimum atomic E-state index is -1.28. The van der Waals surface area contributed by atoms with Crippen molar-refractivity contribution >= 4 is 5.97 Å². The molecular weight excluding hydrogens is 322 g/mol. The molecular formula is C18H21N3O4. The summed E-state index contributed by atoms with van der Waals surface area (Å²) in [6.07, 6.45) is 3.21. The second-order valence-electron chi connectivity index (χ2n) is 6.30. The third-order valence-corrected chi connectivity index (χ3v) is 4.51. The van der Waals surface area contributed by atoms with E-state index < -0.39 is 17.2 Å². The number of likely N-dealkylation sites (tertiary alicyclic amines) is 1. The lowest BCUT2D eigenvalue weighted by Crippen LogP contribution is -2.42. The van der Waals surface area contributed by atoms with Crippen molar-refractivity contribution in [2.45, 2.75) is 32.4 Å². The van der Waals surface area contributed by atoms with Crippen LogP contribution in [0.15, 0.2) is 39.9 Å². The Bertz CT molecular complexity index is 864. The Balaban J connectivity index is 2.01. The van der Waals surface area contributed by atoms with Crippen molar-refractivity contribution < 1.29 is 9.90 Å². The number of carboxylic acid groups (broad SMARTS) is 1. The minimum Gasteiger partial charge on any atom is -0.477 e. The zero-order valence-electron chi connectivity index (χ0n) is 13.9. The highest BCUT2D eigenvalue weighted by Crippen LogP contribution is 2.12. The highest BCUT2D eigenvalue weighted by molar-refractivity contribution is 5.86. The lowest BCUT2D eigenvalue weighted by Gasteiger charge is -2.26. The smallest absolute Gasteiger partial charge is 0.352 e. The van der Waals surface area contributed by atoms with Crippen molar-refractivity contribution in [3.8, 4) is 0 Å². The van der Waals surface area contributed by atoms with Crippen LogP contribution in [0, 0.1) is 0 Å². The van der Waals surface area contributed by atoms with Gasteiger partial charge in [0, 0.05) is 6.54 Å². The van der Waals surface area contributed by atoms with Crippen LogP contribution in [0.1, 0.15) is 40.9 Å². The van der Waals surface area contributed by atoms with E-state index >= 15 is 0 Å². The van der Waals surface area contributed by atoms with Crippen LogP contribution in [0.4, 0.5) is 0 Å². The van der Waals surface area contributed by atoms with Crippen LogP contribution in [0.25, 0.3) is 0 Å². The number of hydrogen-bond donors (Lipinski definition) is 2. The summed E-state index contributed by atoms with van der Waals surface area (Å²) in [5, 5.41) is 9.39. The zero-order valence-corrected chi connectivity index (χ0v) is 13.9. The van der Waals surface area contributed by atoms with Gasteiger partial charge < -0.3 is 10.1 Å². The molecule has 1 aliphatic rings. The first-order chi connectivity index (χ1) is 12.1. The molecule has 132 valence electrons. The largest absolute Gasteiger partial charge is 0.477 e. The zero-order chi connectivity index (χ0) is 17.8. The van der Waals surface area contributed by atoms with Gasteiger partial charge in [-0.15, -0.1) is 0 Å². The van der Waals surface area contributed by atoms with E-state index in [2.05, 4.69) is 9.88 Å². The van der Waals surface area contributed by atoms with Crippen molar-refractivity contribution in [3.05, 3.63) is 68.0 Å². The van der Waals surface area contributed by atoms with Crippen LogP contribution in [0.5, 0.6) is 0 Å². The fraction of sp³-hybridized carbons (Fsp3) is 0.389. The van der Waals surface area contributed by atoms with Crippen LogP contribution >= 0.6 is 0 Å². The third-order valence-electron chi connectivity index (χ3n) is 4.51. The van der Waals surface area contributed by atoms with Crippen molar-refractivity contribution in [1.82, 2.24) is 14.5 Å². The first-order valence-electron chi connectivity index (χ1n) is 8.42. The van der Waals surface area contributed by atoms with Crippen LogP contribution < -0.4 is 11.2 Å². The van der Waals surface area contributed by atoms with Gasteiger partial charge in [0.1, 0.15) is 5.69 Å². The predicted molar refractivity (Wildman–Crippen MR) is 93.0 cm³/mol. The molecule has 2 heterocycles. The van der Waals surface area contributed by atoms with Gasteiger partial charge in [-0.1, -0.05) is 36.8 Å². The first kappa shape index (κ1) is 17.2. The van der Waals surface area contributed by atoms with Crippen LogP contribution in [0.2, 0.25) is 0 Å². The summed E-state index contributed by atoms with van der Waals surface area (Å²) in [5.74, 6) is -1.28. The van der Waals surface area contributed by atoms with E-state index in [1.807, 2.05) is 30.3 Å². The lowest BCUT2D eigenvalue weighted by atomic mass is 10.1. The number of H-pyrrole nitrogens is 1. The number of aromatic amines is 1. The first-order valence-corrected chi connectivity index (χ1v) is 8.42. The van der Waals surface area contributed by atoms with E-state index in [0.717, 1.165) is 42.5 Å². The number of nitrogens with one attached hydrogen (secondary N) is 1. The summed E-state index contributed by atoms with van der Waals surface area (Å²) in [4.78, 5) is 41.0. The Kier molecular flexibility index (Phi) is 5.14. The Morgan fingerprint density at radius 3 is 2.36 bits per heavy atom. The molecule has 1 aromatic carbocycles. The third kappa shape index (κ3) is 3.88. The monoisotopic (exact) mass is 343 g/mol. The molecule has 0 saturated carbocycles. The van der Waals surface area contributed by atoms with E-state index in [0.29, 0.717) is 0 Å². The van der Waals surface area contributed by atoms with E-state index in [4.69, 9.17) is 0 Å². The second kappa shape index (κ2) is 7.48. The van der Waals surface area contributed by atoms with Gasteiger partial charge in [0.15, 0.2) is 0 Å². The number of aromatic nitrogens is 2. The fourth-order valence-electron chi connectivity index (χ4n) is 3.19. The highest BCUT2D eigenvalue weighted by atomic mass is 16.4. The molecule has 2 aromatic rings. The molecule has 0 radical (unpaired) electrons. The van der Waals surface area contributed by atoms with E-state index in [1.165, 1.54) is 0 Å². The Labute approximate surface area is 144 Å². The molecule has 0 bridgehead atoms. The van der Waals surface area contributed by atoms with Gasteiger partial charge in [0.25, 0.3) is 5.56 Å².